The van der Waals surface area contributed by atoms with E-state index in [4.69, 9.17) is 5.73 Å². The van der Waals surface area contributed by atoms with Crippen molar-refractivity contribution in [2.24, 2.45) is 5.73 Å². The molecule has 0 aliphatic rings. The van der Waals surface area contributed by atoms with Crippen LogP contribution >= 0.6 is 0 Å². The van der Waals surface area contributed by atoms with Gasteiger partial charge in [-0.15, -0.1) is 0 Å². The van der Waals surface area contributed by atoms with Crippen LogP contribution in [0, 0.1) is 0 Å². The Kier molecular flexibility index (Phi) is 4.03. The summed E-state index contributed by atoms with van der Waals surface area (Å²) in [5, 5.41) is 0. The van der Waals surface area contributed by atoms with Crippen LogP contribution in [0.25, 0.3) is 0 Å². The zero-order chi connectivity index (χ0) is 9.78. The molecule has 0 heterocycles. The first-order chi connectivity index (χ1) is 5.38. The van der Waals surface area contributed by atoms with E-state index in [-0.39, 0.29) is 6.04 Å². The first kappa shape index (κ1) is 11.2. The Bertz CT molecular complexity index is 189. The highest BCUT2D eigenvalue weighted by molar-refractivity contribution is 5.23. The van der Waals surface area contributed by atoms with Crippen molar-refractivity contribution in [3.8, 4) is 0 Å². The van der Waals surface area contributed by atoms with Gasteiger partial charge in [-0.05, 0) is 13.8 Å². The summed E-state index contributed by atoms with van der Waals surface area (Å²) in [6.45, 7) is 2.95. The Morgan fingerprint density at radius 1 is 1.42 bits per heavy atom. The van der Waals surface area contributed by atoms with Crippen LogP contribution in [0.2, 0.25) is 0 Å². The lowest BCUT2D eigenvalue weighted by Crippen LogP contribution is -2.13. The summed E-state index contributed by atoms with van der Waals surface area (Å²) in [7, 11) is 0. The molecule has 1 atom stereocenters. The fourth-order valence-corrected chi connectivity index (χ4v) is 0.610. The second kappa shape index (κ2) is 4.30. The van der Waals surface area contributed by atoms with Crippen molar-refractivity contribution >= 4 is 0 Å². The predicted molar refractivity (Wildman–Crippen MR) is 42.6 cm³/mol. The van der Waals surface area contributed by atoms with Gasteiger partial charge in [-0.25, -0.2) is 0 Å². The summed E-state index contributed by atoms with van der Waals surface area (Å²) in [6, 6.07) is -0.359. The van der Waals surface area contributed by atoms with Crippen LogP contribution in [0.15, 0.2) is 23.8 Å². The minimum Gasteiger partial charge on any atom is -0.325 e. The number of alkyl halides is 3. The molecule has 4 heteroatoms. The van der Waals surface area contributed by atoms with Gasteiger partial charge in [-0.1, -0.05) is 18.2 Å². The van der Waals surface area contributed by atoms with Crippen LogP contribution in [0.3, 0.4) is 0 Å². The lowest BCUT2D eigenvalue weighted by molar-refractivity contribution is -0.0883. The lowest BCUT2D eigenvalue weighted by Gasteiger charge is -2.06. The summed E-state index contributed by atoms with van der Waals surface area (Å²) in [5.41, 5.74) is 4.59. The lowest BCUT2D eigenvalue weighted by atomic mass is 10.2. The number of rotatable bonds is 2. The average Bonchev–Trinajstić information content (AvgIpc) is 1.85. The van der Waals surface area contributed by atoms with E-state index in [0.717, 1.165) is 12.2 Å². The van der Waals surface area contributed by atoms with Gasteiger partial charge >= 0.3 is 6.18 Å². The molecule has 0 rings (SSSR count). The Hall–Kier alpha value is -0.770. The van der Waals surface area contributed by atoms with E-state index in [9.17, 15) is 13.2 Å². The van der Waals surface area contributed by atoms with Crippen molar-refractivity contribution in [2.45, 2.75) is 26.1 Å². The van der Waals surface area contributed by atoms with E-state index in [0.29, 0.717) is 0 Å². The van der Waals surface area contributed by atoms with Crippen LogP contribution in [-0.4, -0.2) is 12.2 Å². The van der Waals surface area contributed by atoms with E-state index in [1.54, 1.807) is 6.92 Å². The number of hydrogen-bond acceptors (Lipinski definition) is 1. The van der Waals surface area contributed by atoms with Crippen LogP contribution in [0.1, 0.15) is 13.8 Å². The van der Waals surface area contributed by atoms with E-state index in [1.807, 2.05) is 0 Å². The molecule has 0 aromatic carbocycles. The van der Waals surface area contributed by atoms with Crippen molar-refractivity contribution < 1.29 is 13.2 Å². The zero-order valence-corrected chi connectivity index (χ0v) is 7.02. The Labute approximate surface area is 69.8 Å². The van der Waals surface area contributed by atoms with Gasteiger partial charge in [0.15, 0.2) is 0 Å². The third kappa shape index (κ3) is 4.18. The monoisotopic (exact) mass is 179 g/mol. The smallest absolute Gasteiger partial charge is 0.325 e. The van der Waals surface area contributed by atoms with E-state index >= 15 is 0 Å². The molecule has 70 valence electrons. The highest BCUT2D eigenvalue weighted by atomic mass is 19.4. The molecule has 0 aromatic heterocycles. The van der Waals surface area contributed by atoms with Crippen molar-refractivity contribution in [2.75, 3.05) is 0 Å². The Balaban J connectivity index is 4.42. The molecule has 1 unspecified atom stereocenters. The van der Waals surface area contributed by atoms with Crippen LogP contribution in [0.4, 0.5) is 13.2 Å². The van der Waals surface area contributed by atoms with Crippen molar-refractivity contribution in [3.63, 3.8) is 0 Å². The molecule has 0 aromatic rings. The second-order valence-electron chi connectivity index (χ2n) is 2.46. The van der Waals surface area contributed by atoms with Gasteiger partial charge in [0.1, 0.15) is 0 Å². The van der Waals surface area contributed by atoms with E-state index in [1.165, 1.54) is 13.0 Å². The Morgan fingerprint density at radius 3 is 2.17 bits per heavy atom. The average molecular weight is 179 g/mol. The summed E-state index contributed by atoms with van der Waals surface area (Å²) >= 11 is 0. The van der Waals surface area contributed by atoms with Gasteiger partial charge in [0, 0.05) is 6.04 Å². The minimum atomic E-state index is -4.28. The number of hydrogen-bond donors (Lipinski definition) is 1. The first-order valence-corrected chi connectivity index (χ1v) is 3.55. The van der Waals surface area contributed by atoms with Gasteiger partial charge in [-0.2, -0.15) is 13.2 Å². The number of nitrogens with two attached hydrogens (primary N) is 1. The topological polar surface area (TPSA) is 26.0 Å². The van der Waals surface area contributed by atoms with Crippen LogP contribution in [0.5, 0.6) is 0 Å². The van der Waals surface area contributed by atoms with Gasteiger partial charge < -0.3 is 5.73 Å². The first-order valence-electron chi connectivity index (χ1n) is 3.55. The van der Waals surface area contributed by atoms with Crippen molar-refractivity contribution in [3.05, 3.63) is 23.8 Å². The third-order valence-electron chi connectivity index (χ3n) is 1.22. The van der Waals surface area contributed by atoms with Crippen LogP contribution < -0.4 is 5.73 Å². The summed E-state index contributed by atoms with van der Waals surface area (Å²) in [6.07, 6.45) is -0.966. The maximum atomic E-state index is 12.0. The molecular formula is C8H12F3N. The number of halogens is 3. The molecule has 0 aliphatic carbocycles. The quantitative estimate of drug-likeness (QED) is 0.647. The molecule has 0 spiro atoms. The zero-order valence-electron chi connectivity index (χ0n) is 7.02. The van der Waals surface area contributed by atoms with E-state index in [2.05, 4.69) is 0 Å². The molecule has 0 aliphatic heterocycles. The summed E-state index contributed by atoms with van der Waals surface area (Å²) in [4.78, 5) is 0. The maximum Gasteiger partial charge on any atom is 0.416 e. The Morgan fingerprint density at radius 2 is 1.92 bits per heavy atom. The van der Waals surface area contributed by atoms with Crippen LogP contribution in [-0.2, 0) is 0 Å². The molecule has 0 radical (unpaired) electrons. The molecule has 12 heavy (non-hydrogen) atoms. The molecule has 0 saturated carbocycles. The minimum absolute atomic E-state index is 0.359. The molecule has 2 N–H and O–H groups in total. The van der Waals surface area contributed by atoms with E-state index < -0.39 is 11.7 Å². The summed E-state index contributed by atoms with van der Waals surface area (Å²) in [5.74, 6) is 0. The SMILES string of the molecule is C/C=C(\C=C/C(C)N)C(F)(F)F. The van der Waals surface area contributed by atoms with Crippen molar-refractivity contribution in [1.82, 2.24) is 0 Å². The standard InChI is InChI=1S/C8H12F3N/c1-3-7(8(9,10)11)5-4-6(2)12/h3-6H,12H2,1-2H3/b5-4-,7-3+. The van der Waals surface area contributed by atoms with Crippen molar-refractivity contribution in [1.29, 1.82) is 0 Å². The third-order valence-corrected chi connectivity index (χ3v) is 1.22. The maximum absolute atomic E-state index is 12.0. The van der Waals surface area contributed by atoms with Gasteiger partial charge in [0.2, 0.25) is 0 Å². The molecule has 0 bridgehead atoms. The fraction of sp³-hybridized carbons (Fsp3) is 0.500. The normalized spacial score (nSPS) is 17.0. The highest BCUT2D eigenvalue weighted by Gasteiger charge is 2.30. The van der Waals surface area contributed by atoms with Gasteiger partial charge in [0.25, 0.3) is 0 Å². The van der Waals surface area contributed by atoms with Gasteiger partial charge in [-0.3, -0.25) is 0 Å². The molecule has 0 saturated heterocycles. The molecule has 0 amide bonds. The fourth-order valence-electron chi connectivity index (χ4n) is 0.610. The van der Waals surface area contributed by atoms with Gasteiger partial charge in [0.05, 0.1) is 5.57 Å². The second-order valence-corrected chi connectivity index (χ2v) is 2.46. The highest BCUT2D eigenvalue weighted by Crippen LogP contribution is 2.26. The summed E-state index contributed by atoms with van der Waals surface area (Å²) < 4.78 is 36.0. The predicted octanol–water partition coefficient (Wildman–Crippen LogP) is 2.40. The molecular weight excluding hydrogens is 167 g/mol. The largest absolute Gasteiger partial charge is 0.416 e. The molecule has 1 nitrogen and oxygen atoms in total. The molecule has 0 fully saturated rings. The number of allylic oxidation sites excluding steroid dienone is 3.